The van der Waals surface area contributed by atoms with Crippen LogP contribution in [0.4, 0.5) is 0 Å². The number of hydrogen-bond acceptors (Lipinski definition) is 7. The third-order valence-electron chi connectivity index (χ3n) is 10.4. The summed E-state index contributed by atoms with van der Waals surface area (Å²) in [6, 6.07) is 0. The lowest BCUT2D eigenvalue weighted by molar-refractivity contribution is -0.190. The Hall–Kier alpha value is -2.90. The van der Waals surface area contributed by atoms with Crippen molar-refractivity contribution in [3.05, 3.63) is 51.6 Å². The average molecular weight is 563 g/mol. The molecule has 41 heavy (non-hydrogen) atoms. The zero-order valence-corrected chi connectivity index (χ0v) is 25.9. The molecule has 3 aliphatic heterocycles. The number of carbonyl (C=O) groups excluding carboxylic acids is 2. The van der Waals surface area contributed by atoms with Crippen LogP contribution in [0.5, 0.6) is 17.2 Å². The van der Waals surface area contributed by atoms with Crippen molar-refractivity contribution in [1.29, 1.82) is 0 Å². The Balaban J connectivity index is 1.71. The first-order valence-corrected chi connectivity index (χ1v) is 14.6. The van der Waals surface area contributed by atoms with Gasteiger partial charge >= 0.3 is 0 Å². The standard InChI is InChI=1S/C34H42O7/c1-17(2)11-12-20-25(35)23-26(36)21-15-32(38-10)16-22-31(8,9)41-33(29(32)37,14-13-18(3)4)34(21,22)40-28(23)24-27(20)39-19(5)30(24,6)7/h11,13,15,19,22,35H,12,14,16H2,1-10H3/t19-,22?,32-,33-,34+/m1/s1. The molecule has 0 amide bonds. The van der Waals surface area contributed by atoms with E-state index in [1.165, 1.54) is 7.11 Å². The number of carbonyl (C=O) groups is 2. The molecule has 0 aromatic heterocycles. The zero-order valence-electron chi connectivity index (χ0n) is 25.9. The van der Waals surface area contributed by atoms with Crippen molar-refractivity contribution in [2.45, 2.75) is 115 Å². The fraction of sp³-hybridized carbons (Fsp3) is 0.588. The molecule has 2 fully saturated rings. The minimum atomic E-state index is -1.48. The maximum absolute atomic E-state index is 14.8. The van der Waals surface area contributed by atoms with Crippen molar-refractivity contribution in [2.24, 2.45) is 5.92 Å². The molecular weight excluding hydrogens is 520 g/mol. The van der Waals surface area contributed by atoms with Gasteiger partial charge in [-0.3, -0.25) is 9.59 Å². The molecule has 6 aliphatic rings. The molecule has 1 aromatic carbocycles. The van der Waals surface area contributed by atoms with E-state index in [9.17, 15) is 14.7 Å². The van der Waals surface area contributed by atoms with Crippen LogP contribution in [0.1, 0.15) is 96.6 Å². The van der Waals surface area contributed by atoms with Gasteiger partial charge in [0.1, 0.15) is 34.5 Å². The molecule has 1 spiro atoms. The van der Waals surface area contributed by atoms with Gasteiger partial charge in [0.05, 0.1) is 5.60 Å². The Morgan fingerprint density at radius 2 is 1.73 bits per heavy atom. The number of allylic oxidation sites excluding steroid dienone is 3. The van der Waals surface area contributed by atoms with E-state index in [1.807, 2.05) is 60.6 Å². The van der Waals surface area contributed by atoms with Crippen molar-refractivity contribution in [2.75, 3.05) is 7.11 Å². The van der Waals surface area contributed by atoms with Gasteiger partial charge in [-0.2, -0.15) is 0 Å². The quantitative estimate of drug-likeness (QED) is 0.434. The smallest absolute Gasteiger partial charge is 0.205 e. The van der Waals surface area contributed by atoms with Crippen molar-refractivity contribution in [1.82, 2.24) is 0 Å². The highest BCUT2D eigenvalue weighted by molar-refractivity contribution is 6.20. The Bertz CT molecular complexity index is 1500. The van der Waals surface area contributed by atoms with Gasteiger partial charge in [0.2, 0.25) is 5.78 Å². The van der Waals surface area contributed by atoms with Crippen LogP contribution in [-0.2, 0) is 26.1 Å². The molecule has 1 saturated carbocycles. The van der Waals surface area contributed by atoms with E-state index in [2.05, 4.69) is 13.8 Å². The normalized spacial score (nSPS) is 34.6. The van der Waals surface area contributed by atoms with Crippen molar-refractivity contribution in [3.8, 4) is 17.2 Å². The molecule has 1 N–H and O–H groups in total. The maximum atomic E-state index is 14.8. The minimum Gasteiger partial charge on any atom is -0.507 e. The molecule has 7 nitrogen and oxygen atoms in total. The fourth-order valence-electron chi connectivity index (χ4n) is 7.98. The summed E-state index contributed by atoms with van der Waals surface area (Å²) in [6.07, 6.45) is 6.41. The predicted molar refractivity (Wildman–Crippen MR) is 155 cm³/mol. The molecule has 1 unspecified atom stereocenters. The van der Waals surface area contributed by atoms with Crippen LogP contribution in [0.3, 0.4) is 0 Å². The third-order valence-corrected chi connectivity index (χ3v) is 10.4. The van der Waals surface area contributed by atoms with Gasteiger partial charge < -0.3 is 24.1 Å². The van der Waals surface area contributed by atoms with E-state index in [4.69, 9.17) is 18.9 Å². The van der Waals surface area contributed by atoms with Crippen LogP contribution in [0.2, 0.25) is 0 Å². The second kappa shape index (κ2) is 8.35. The highest BCUT2D eigenvalue weighted by Gasteiger charge is 2.84. The third kappa shape index (κ3) is 3.22. The first-order chi connectivity index (χ1) is 19.0. The first-order valence-electron chi connectivity index (χ1n) is 14.6. The molecule has 7 heteroatoms. The number of ether oxygens (including phenoxy) is 4. The molecule has 7 rings (SSSR count). The summed E-state index contributed by atoms with van der Waals surface area (Å²) in [7, 11) is 1.51. The maximum Gasteiger partial charge on any atom is 0.205 e. The molecule has 3 heterocycles. The van der Waals surface area contributed by atoms with Crippen LogP contribution >= 0.6 is 0 Å². The van der Waals surface area contributed by atoms with E-state index < -0.39 is 27.8 Å². The van der Waals surface area contributed by atoms with Gasteiger partial charge in [-0.25, -0.2) is 0 Å². The van der Waals surface area contributed by atoms with Crippen molar-refractivity contribution >= 4 is 11.6 Å². The van der Waals surface area contributed by atoms with Crippen LogP contribution < -0.4 is 9.47 Å². The number of Topliss-reactive ketones (excluding diaryl/α,β-unsaturated/α-hetero) is 2. The number of rotatable bonds is 5. The summed E-state index contributed by atoms with van der Waals surface area (Å²) in [6.45, 7) is 18.0. The van der Waals surface area contributed by atoms with E-state index >= 15 is 0 Å². The molecule has 3 aliphatic carbocycles. The van der Waals surface area contributed by atoms with Crippen LogP contribution in [0.25, 0.3) is 0 Å². The number of ketones is 2. The molecule has 220 valence electrons. The van der Waals surface area contributed by atoms with Crippen molar-refractivity contribution < 1.29 is 33.6 Å². The van der Waals surface area contributed by atoms with E-state index in [-0.39, 0.29) is 41.3 Å². The zero-order chi connectivity index (χ0) is 30.1. The largest absolute Gasteiger partial charge is 0.507 e. The van der Waals surface area contributed by atoms with Gasteiger partial charge in [0, 0.05) is 41.6 Å². The van der Waals surface area contributed by atoms with E-state index in [1.54, 1.807) is 6.08 Å². The Morgan fingerprint density at radius 3 is 2.34 bits per heavy atom. The van der Waals surface area contributed by atoms with Crippen LogP contribution in [-0.4, -0.2) is 52.3 Å². The van der Waals surface area contributed by atoms with Crippen LogP contribution in [0, 0.1) is 5.92 Å². The number of aromatic hydroxyl groups is 1. The highest BCUT2D eigenvalue weighted by atomic mass is 16.6. The Morgan fingerprint density at radius 1 is 1.07 bits per heavy atom. The number of phenolic OH excluding ortho intramolecular Hbond substituents is 1. The van der Waals surface area contributed by atoms with Gasteiger partial charge in [-0.05, 0) is 67.4 Å². The second-order valence-electron chi connectivity index (χ2n) is 14.1. The molecule has 1 saturated heterocycles. The topological polar surface area (TPSA) is 91.3 Å². The summed E-state index contributed by atoms with van der Waals surface area (Å²) < 4.78 is 26.4. The summed E-state index contributed by atoms with van der Waals surface area (Å²) in [5, 5.41) is 11.8. The lowest BCUT2D eigenvalue weighted by atomic mass is 9.49. The molecule has 0 radical (unpaired) electrons. The highest BCUT2D eigenvalue weighted by Crippen LogP contribution is 2.70. The SMILES string of the molecule is CO[C@]12C=C3C(=O)c4c(O)c(CC=C(C)C)c5c(c4O[C@]34C(C1)C(C)(C)O[C@]4(CC=C(C)C)C2=O)C(C)(C)[C@@H](C)O5. The van der Waals surface area contributed by atoms with Gasteiger partial charge in [0.25, 0.3) is 0 Å². The number of phenols is 1. The van der Waals surface area contributed by atoms with Gasteiger partial charge in [-0.15, -0.1) is 0 Å². The van der Waals surface area contributed by atoms with Gasteiger partial charge in [0.15, 0.2) is 17.0 Å². The average Bonchev–Trinajstić information content (AvgIpc) is 3.21. The number of methoxy groups -OCH3 is 1. The van der Waals surface area contributed by atoms with Crippen molar-refractivity contribution in [3.63, 3.8) is 0 Å². The summed E-state index contributed by atoms with van der Waals surface area (Å²) in [5.74, 6) is -0.197. The fourth-order valence-corrected chi connectivity index (χ4v) is 7.98. The molecule has 5 atom stereocenters. The molecule has 1 aromatic rings. The molecule has 4 bridgehead atoms. The Labute approximate surface area is 242 Å². The lowest BCUT2D eigenvalue weighted by Gasteiger charge is -2.59. The predicted octanol–water partition coefficient (Wildman–Crippen LogP) is 6.09. The monoisotopic (exact) mass is 562 g/mol. The number of benzene rings is 1. The van der Waals surface area contributed by atoms with E-state index in [0.29, 0.717) is 35.5 Å². The molecular formula is C34H42O7. The van der Waals surface area contributed by atoms with Crippen LogP contribution in [0.15, 0.2) is 34.9 Å². The Kier molecular flexibility index (Phi) is 5.75. The number of hydrogen-bond donors (Lipinski definition) is 1. The lowest BCUT2D eigenvalue weighted by Crippen LogP contribution is -2.77. The number of fused-ring (bicyclic) bond motifs is 3. The first kappa shape index (κ1) is 28.2. The summed E-state index contributed by atoms with van der Waals surface area (Å²) in [5.41, 5.74) is -1.60. The van der Waals surface area contributed by atoms with Gasteiger partial charge in [-0.1, -0.05) is 37.1 Å². The minimum absolute atomic E-state index is 0.129. The summed E-state index contributed by atoms with van der Waals surface area (Å²) in [4.78, 5) is 29.4. The second-order valence-corrected chi connectivity index (χ2v) is 14.1. The summed E-state index contributed by atoms with van der Waals surface area (Å²) >= 11 is 0. The van der Waals surface area contributed by atoms with E-state index in [0.717, 1.165) is 16.7 Å².